The number of imidazole rings is 1. The van der Waals surface area contributed by atoms with Crippen molar-refractivity contribution in [3.8, 4) is 0 Å². The van der Waals surface area contributed by atoms with Crippen LogP contribution < -0.4 is 0 Å². The zero-order chi connectivity index (χ0) is 19.2. The highest BCUT2D eigenvalue weighted by Crippen LogP contribution is 2.34. The van der Waals surface area contributed by atoms with Crippen molar-refractivity contribution in [2.45, 2.75) is 36.3 Å². The number of fused-ring (bicyclic) bond motifs is 1. The molecule has 0 amide bonds. The molecular weight excluding hydrogens is 396 g/mol. The lowest BCUT2D eigenvalue weighted by Crippen LogP contribution is -2.25. The lowest BCUT2D eigenvalue weighted by Gasteiger charge is -2.13. The minimum Gasteiger partial charge on any atom is -0.329 e. The predicted molar refractivity (Wildman–Crippen MR) is 79.2 cm³/mol. The summed E-state index contributed by atoms with van der Waals surface area (Å²) in [5, 5.41) is 0. The normalized spacial score (nSPS) is 15.0. The van der Waals surface area contributed by atoms with Gasteiger partial charge in [-0.25, -0.2) is 4.98 Å². The molecule has 140 valence electrons. The Morgan fingerprint density at radius 3 is 2.28 bits per heavy atom. The number of halogens is 6. The zero-order valence-electron chi connectivity index (χ0n) is 12.7. The van der Waals surface area contributed by atoms with Crippen LogP contribution in [-0.2, 0) is 27.3 Å². The highest BCUT2D eigenvalue weighted by atomic mass is 32.3. The number of rotatable bonds is 3. The van der Waals surface area contributed by atoms with Gasteiger partial charge in [0.2, 0.25) is 0 Å². The van der Waals surface area contributed by atoms with Crippen molar-refractivity contribution in [3.05, 3.63) is 24.0 Å². The number of aromatic nitrogens is 2. The molecule has 1 heterocycles. The van der Waals surface area contributed by atoms with Crippen LogP contribution >= 0.6 is 0 Å². The first-order valence-corrected chi connectivity index (χ1v) is 9.22. The number of sulfonamides is 1. The third-order valence-electron chi connectivity index (χ3n) is 3.13. The fraction of sp³-hybridized carbons (Fsp3) is 0.417. The molecule has 0 radical (unpaired) electrons. The number of benzene rings is 1. The molecule has 0 bridgehead atoms. The van der Waals surface area contributed by atoms with Gasteiger partial charge in [0.25, 0.3) is 0 Å². The van der Waals surface area contributed by atoms with Crippen molar-refractivity contribution in [3.63, 3.8) is 0 Å². The van der Waals surface area contributed by atoms with Crippen LogP contribution in [0, 0.1) is 6.92 Å². The fourth-order valence-corrected chi connectivity index (χ4v) is 4.60. The Kier molecular flexibility index (Phi) is 4.94. The van der Waals surface area contributed by atoms with Gasteiger partial charge in [0, 0.05) is 11.4 Å². The molecule has 13 heteroatoms. The minimum absolute atomic E-state index is 0.109. The van der Waals surface area contributed by atoms with Crippen molar-refractivity contribution in [2.75, 3.05) is 0 Å². The van der Waals surface area contributed by atoms with Crippen molar-refractivity contribution in [1.29, 1.82) is 0 Å². The average Bonchev–Trinajstić information content (AvgIpc) is 2.76. The van der Waals surface area contributed by atoms with E-state index in [1.165, 1.54) is 6.07 Å². The van der Waals surface area contributed by atoms with Crippen molar-refractivity contribution >= 4 is 31.7 Å². The van der Waals surface area contributed by atoms with E-state index in [4.69, 9.17) is 0 Å². The molecule has 0 N–H and O–H groups in total. The molecular formula is C12H11F6N3O2S2. The Labute approximate surface area is 140 Å². The number of aryl methyl sites for hydroxylation is 2. The number of nitrogens with zero attached hydrogens (tertiary/aromatic N) is 3. The maximum atomic E-state index is 13.1. The van der Waals surface area contributed by atoms with E-state index in [0.717, 1.165) is 12.1 Å². The van der Waals surface area contributed by atoms with Crippen LogP contribution in [0.2, 0.25) is 0 Å². The Balaban J connectivity index is 2.71. The van der Waals surface area contributed by atoms with Crippen LogP contribution in [0.5, 0.6) is 0 Å². The van der Waals surface area contributed by atoms with Gasteiger partial charge in [0.05, 0.1) is 21.7 Å². The zero-order valence-corrected chi connectivity index (χ0v) is 14.3. The molecule has 0 aliphatic heterocycles. The fourth-order valence-electron chi connectivity index (χ4n) is 2.11. The molecule has 0 spiro atoms. The maximum Gasteiger partial charge on any atom is 0.519 e. The Bertz CT molecular complexity index is 944. The van der Waals surface area contributed by atoms with Gasteiger partial charge in [-0.2, -0.15) is 34.8 Å². The van der Waals surface area contributed by atoms with Crippen LogP contribution in [0.3, 0.4) is 0 Å². The Hall–Kier alpha value is -1.63. The van der Waals surface area contributed by atoms with E-state index >= 15 is 0 Å². The van der Waals surface area contributed by atoms with Crippen LogP contribution in [0.25, 0.3) is 11.0 Å². The van der Waals surface area contributed by atoms with E-state index in [9.17, 15) is 34.8 Å². The largest absolute Gasteiger partial charge is 0.519 e. The van der Waals surface area contributed by atoms with E-state index in [-0.39, 0.29) is 5.52 Å². The molecule has 0 aliphatic rings. The second kappa shape index (κ2) is 6.27. The van der Waals surface area contributed by atoms with E-state index in [1.807, 2.05) is 0 Å². The number of hydrogen-bond donors (Lipinski definition) is 0. The molecule has 1 aromatic carbocycles. The summed E-state index contributed by atoms with van der Waals surface area (Å²) in [7, 11) is -9.81. The first kappa shape index (κ1) is 19.7. The van der Waals surface area contributed by atoms with Crippen LogP contribution in [-0.4, -0.2) is 29.0 Å². The second-order valence-electron chi connectivity index (χ2n) is 4.78. The highest BCUT2D eigenvalue weighted by Gasteiger charge is 2.49. The summed E-state index contributed by atoms with van der Waals surface area (Å²) in [4.78, 5) is 3.33. The van der Waals surface area contributed by atoms with Crippen molar-refractivity contribution in [1.82, 2.24) is 9.55 Å². The molecule has 0 aliphatic carbocycles. The Morgan fingerprint density at radius 2 is 1.80 bits per heavy atom. The minimum atomic E-state index is -6.30. The van der Waals surface area contributed by atoms with Crippen molar-refractivity contribution in [2.24, 2.45) is 3.77 Å². The van der Waals surface area contributed by atoms with Crippen molar-refractivity contribution < 1.29 is 34.8 Å². The van der Waals surface area contributed by atoms with Gasteiger partial charge in [0.15, 0.2) is 0 Å². The van der Waals surface area contributed by atoms with Gasteiger partial charge >= 0.3 is 21.0 Å². The van der Waals surface area contributed by atoms with Gasteiger partial charge in [-0.05, 0) is 32.0 Å². The van der Waals surface area contributed by atoms with Crippen LogP contribution in [0.1, 0.15) is 12.7 Å². The highest BCUT2D eigenvalue weighted by molar-refractivity contribution is 8.01. The molecule has 5 nitrogen and oxygen atoms in total. The molecule has 2 rings (SSSR count). The second-order valence-corrected chi connectivity index (χ2v) is 8.29. The quantitative estimate of drug-likeness (QED) is 0.725. The van der Waals surface area contributed by atoms with E-state index < -0.39 is 36.6 Å². The van der Waals surface area contributed by atoms with Gasteiger partial charge in [0.1, 0.15) is 5.82 Å². The molecule has 2 aromatic rings. The summed E-state index contributed by atoms with van der Waals surface area (Å²) in [6, 6.07) is 3.05. The SMILES string of the molecule is CCn1c(C)nc2cc(/S(=N\S(=O)(=O)C(F)(F)F)C(F)(F)F)ccc21. The summed E-state index contributed by atoms with van der Waals surface area (Å²) < 4.78 is 102. The average molecular weight is 407 g/mol. The monoisotopic (exact) mass is 407 g/mol. The van der Waals surface area contributed by atoms with Gasteiger partial charge in [-0.3, -0.25) is 0 Å². The molecule has 0 saturated heterocycles. The molecule has 0 saturated carbocycles. The summed E-state index contributed by atoms with van der Waals surface area (Å²) in [6.07, 6.45) is 0. The summed E-state index contributed by atoms with van der Waals surface area (Å²) >= 11 is 0. The van der Waals surface area contributed by atoms with Gasteiger partial charge in [-0.15, -0.1) is 3.77 Å². The molecule has 1 unspecified atom stereocenters. The van der Waals surface area contributed by atoms with E-state index in [2.05, 4.69) is 8.75 Å². The van der Waals surface area contributed by atoms with E-state index in [1.54, 1.807) is 18.4 Å². The lowest BCUT2D eigenvalue weighted by atomic mass is 10.3. The molecule has 1 atom stereocenters. The third kappa shape index (κ3) is 3.81. The summed E-state index contributed by atoms with van der Waals surface area (Å²) in [6.45, 7) is 3.89. The first-order chi connectivity index (χ1) is 11.3. The topological polar surface area (TPSA) is 64.3 Å². The number of hydrogen-bond acceptors (Lipinski definition) is 3. The molecule has 0 fully saturated rings. The predicted octanol–water partition coefficient (Wildman–Crippen LogP) is 3.89. The smallest absolute Gasteiger partial charge is 0.329 e. The number of alkyl halides is 6. The van der Waals surface area contributed by atoms with Crippen LogP contribution in [0.15, 0.2) is 26.9 Å². The van der Waals surface area contributed by atoms with Gasteiger partial charge in [-0.1, -0.05) is 0 Å². The molecule has 25 heavy (non-hydrogen) atoms. The third-order valence-corrected chi connectivity index (χ3v) is 6.24. The standard InChI is InChI=1S/C12H11F6N3O2S2/c1-3-21-7(2)19-9-6-8(4-5-10(9)21)24(11(13,14)15)20-25(22,23)12(16,17)18/h4-6H,3H2,1-2H3. The summed E-state index contributed by atoms with van der Waals surface area (Å²) in [5.41, 5.74) is -10.6. The lowest BCUT2D eigenvalue weighted by molar-refractivity contribution is -0.0437. The Morgan fingerprint density at radius 1 is 1.20 bits per heavy atom. The van der Waals surface area contributed by atoms with E-state index in [0.29, 0.717) is 17.9 Å². The van der Waals surface area contributed by atoms with Gasteiger partial charge < -0.3 is 4.57 Å². The first-order valence-electron chi connectivity index (χ1n) is 6.60. The van der Waals surface area contributed by atoms with Crippen LogP contribution in [0.4, 0.5) is 26.3 Å². The molecule has 1 aromatic heterocycles. The summed E-state index contributed by atoms with van der Waals surface area (Å²) in [5.74, 6) is 0.501. The maximum absolute atomic E-state index is 13.1.